The molecule has 0 heterocycles. The lowest BCUT2D eigenvalue weighted by Gasteiger charge is -2.19. The zero-order valence-electron chi connectivity index (χ0n) is 15.0. The Balaban J connectivity index is 3.45. The Hall–Kier alpha value is -1.86. The van der Waals surface area contributed by atoms with Gasteiger partial charge in [-0.3, -0.25) is 0 Å². The summed E-state index contributed by atoms with van der Waals surface area (Å²) in [5.74, 6) is -1.80. The molecular weight excluding hydrogens is 286 g/mol. The molecular formula is C14H18F2O5. The minimum absolute atomic E-state index is 0.0218. The summed E-state index contributed by atoms with van der Waals surface area (Å²) in [5, 5.41) is 0. The number of hydrogen-bond acceptors (Lipinski definition) is 5. The van der Waals surface area contributed by atoms with Crippen molar-refractivity contribution in [1.29, 1.82) is 0 Å². The first-order valence-electron chi connectivity index (χ1n) is 7.24. The monoisotopic (exact) mass is 307 g/mol. The fraction of sp³-hybridized carbons (Fsp3) is 0.429. The molecule has 0 aliphatic heterocycles. The van der Waals surface area contributed by atoms with Crippen molar-refractivity contribution in [2.45, 2.75) is 13.1 Å². The molecule has 5 nitrogen and oxygen atoms in total. The van der Waals surface area contributed by atoms with Gasteiger partial charge in [0.2, 0.25) is 5.75 Å². The van der Waals surface area contributed by atoms with Gasteiger partial charge in [-0.05, 0) is 19.0 Å². The average molecular weight is 307 g/mol. The third kappa shape index (κ3) is 4.05. The molecule has 0 atom stereocenters. The number of ether oxygens (including phenoxy) is 5. The van der Waals surface area contributed by atoms with Crippen molar-refractivity contribution in [2.75, 3.05) is 28.4 Å². The van der Waals surface area contributed by atoms with Gasteiger partial charge in [0.15, 0.2) is 23.5 Å². The minimum Gasteiger partial charge on any atom is -0.493 e. The van der Waals surface area contributed by atoms with Gasteiger partial charge in [0.25, 0.3) is 0 Å². The van der Waals surface area contributed by atoms with E-state index in [9.17, 15) is 8.78 Å². The first-order chi connectivity index (χ1) is 11.2. The van der Waals surface area contributed by atoms with Crippen LogP contribution in [0.4, 0.5) is 8.78 Å². The van der Waals surface area contributed by atoms with Gasteiger partial charge in [0.05, 0.1) is 14.2 Å². The Bertz CT molecular complexity index is 572. The van der Waals surface area contributed by atoms with Gasteiger partial charge in [-0.25, -0.2) is 0 Å². The number of methoxy groups -OCH3 is 4. The lowest BCUT2D eigenvalue weighted by atomic mass is 10.1. The second-order valence-electron chi connectivity index (χ2n) is 3.75. The first-order valence-corrected chi connectivity index (χ1v) is 5.74. The Morgan fingerprint density at radius 3 is 1.90 bits per heavy atom. The maximum atomic E-state index is 12.9. The Labute approximate surface area is 126 Å². The highest BCUT2D eigenvalue weighted by Gasteiger charge is 2.20. The van der Waals surface area contributed by atoms with E-state index in [1.54, 1.807) is 0 Å². The fourth-order valence-electron chi connectivity index (χ4n) is 1.65. The van der Waals surface area contributed by atoms with Crippen molar-refractivity contribution in [3.05, 3.63) is 29.5 Å². The van der Waals surface area contributed by atoms with E-state index < -0.39 is 25.0 Å². The van der Waals surface area contributed by atoms with Crippen LogP contribution in [0.2, 0.25) is 0 Å². The van der Waals surface area contributed by atoms with Crippen LogP contribution in [0.3, 0.4) is 0 Å². The number of rotatable bonds is 7. The summed E-state index contributed by atoms with van der Waals surface area (Å²) in [6.45, 7) is -3.14. The van der Waals surface area contributed by atoms with Crippen LogP contribution in [0, 0.1) is 0 Å². The summed E-state index contributed by atoms with van der Waals surface area (Å²) in [6.07, 6.45) is -3.23. The van der Waals surface area contributed by atoms with Crippen molar-refractivity contribution in [3.63, 3.8) is 0 Å². The van der Waals surface area contributed by atoms with E-state index in [2.05, 4.69) is 0 Å². The second kappa shape index (κ2) is 7.80. The zero-order chi connectivity index (χ0) is 18.5. The van der Waals surface area contributed by atoms with E-state index in [1.165, 1.54) is 40.6 Å². The smallest absolute Gasteiger partial charge is 0.307 e. The Morgan fingerprint density at radius 1 is 1.05 bits per heavy atom. The zero-order valence-corrected chi connectivity index (χ0v) is 12.0. The van der Waals surface area contributed by atoms with E-state index in [0.29, 0.717) is 5.56 Å². The molecule has 0 unspecified atom stereocenters. The van der Waals surface area contributed by atoms with Crippen LogP contribution in [0.1, 0.15) is 22.8 Å². The van der Waals surface area contributed by atoms with Crippen molar-refractivity contribution in [3.8, 4) is 17.2 Å². The number of halogens is 2. The molecule has 0 aliphatic carbocycles. The highest BCUT2D eigenvalue weighted by atomic mass is 19.3. The van der Waals surface area contributed by atoms with Crippen molar-refractivity contribution in [2.24, 2.45) is 0 Å². The van der Waals surface area contributed by atoms with E-state index in [1.807, 2.05) is 0 Å². The molecule has 1 aromatic rings. The maximum Gasteiger partial charge on any atom is 0.307 e. The SMILES string of the molecule is [2H]C([2H])([2H])C(Oc1c(OC)cc(C(OC)OC)cc1OC)=C(F)F. The van der Waals surface area contributed by atoms with Crippen molar-refractivity contribution < 1.29 is 36.6 Å². The summed E-state index contributed by atoms with van der Waals surface area (Å²) in [6, 6.07) is 2.81. The van der Waals surface area contributed by atoms with Crippen molar-refractivity contribution in [1.82, 2.24) is 0 Å². The van der Waals surface area contributed by atoms with Crippen LogP contribution in [0.25, 0.3) is 0 Å². The fourth-order valence-corrected chi connectivity index (χ4v) is 1.65. The van der Waals surface area contributed by atoms with Crippen LogP contribution in [-0.2, 0) is 9.47 Å². The molecule has 7 heteroatoms. The first kappa shape index (κ1) is 12.8. The molecule has 0 bridgehead atoms. The molecule has 118 valence electrons. The molecule has 0 spiro atoms. The third-order valence-corrected chi connectivity index (χ3v) is 2.56. The van der Waals surface area contributed by atoms with E-state index in [4.69, 9.17) is 27.8 Å². The molecule has 0 fully saturated rings. The van der Waals surface area contributed by atoms with Gasteiger partial charge in [-0.1, -0.05) is 0 Å². The van der Waals surface area contributed by atoms with Crippen LogP contribution < -0.4 is 14.2 Å². The molecule has 0 radical (unpaired) electrons. The highest BCUT2D eigenvalue weighted by Crippen LogP contribution is 2.41. The van der Waals surface area contributed by atoms with E-state index in [0.717, 1.165) is 0 Å². The van der Waals surface area contributed by atoms with Crippen LogP contribution in [0.15, 0.2) is 24.0 Å². The molecule has 0 N–H and O–H groups in total. The summed E-state index contributed by atoms with van der Waals surface area (Å²) in [7, 11) is 5.35. The molecule has 1 aromatic carbocycles. The largest absolute Gasteiger partial charge is 0.493 e. The standard InChI is InChI=1S/C14H18F2O5/c1-8(13(15)16)21-12-10(17-2)6-9(7-11(12)18-3)14(19-4)20-5/h6-7,14H,1-5H3/i1D3. The maximum absolute atomic E-state index is 12.9. The Morgan fingerprint density at radius 2 is 1.57 bits per heavy atom. The van der Waals surface area contributed by atoms with E-state index in [-0.39, 0.29) is 17.2 Å². The molecule has 0 saturated carbocycles. The molecule has 0 saturated heterocycles. The topological polar surface area (TPSA) is 46.2 Å². The predicted octanol–water partition coefficient (Wildman–Crippen LogP) is 3.50. The highest BCUT2D eigenvalue weighted by molar-refractivity contribution is 5.54. The summed E-state index contributed by atoms with van der Waals surface area (Å²) < 4.78 is 72.6. The normalized spacial score (nSPS) is 13.2. The van der Waals surface area contributed by atoms with Crippen LogP contribution >= 0.6 is 0 Å². The minimum atomic E-state index is -3.14. The summed E-state index contributed by atoms with van der Waals surface area (Å²) in [5.41, 5.74) is 0.459. The van der Waals surface area contributed by atoms with Gasteiger partial charge >= 0.3 is 6.08 Å². The van der Waals surface area contributed by atoms with Crippen molar-refractivity contribution >= 4 is 0 Å². The molecule has 0 aliphatic rings. The number of allylic oxidation sites excluding steroid dienone is 1. The van der Waals surface area contributed by atoms with Gasteiger partial charge in [-0.15, -0.1) is 0 Å². The Kier molecular flexibility index (Phi) is 4.77. The quantitative estimate of drug-likeness (QED) is 0.570. The summed E-state index contributed by atoms with van der Waals surface area (Å²) in [4.78, 5) is 0. The van der Waals surface area contributed by atoms with E-state index >= 15 is 0 Å². The average Bonchev–Trinajstić information content (AvgIpc) is 2.51. The van der Waals surface area contributed by atoms with Gasteiger partial charge in [-0.2, -0.15) is 8.78 Å². The second-order valence-corrected chi connectivity index (χ2v) is 3.75. The third-order valence-electron chi connectivity index (χ3n) is 2.56. The number of hydrogen-bond donors (Lipinski definition) is 0. The lowest BCUT2D eigenvalue weighted by molar-refractivity contribution is -0.106. The molecule has 0 amide bonds. The van der Waals surface area contributed by atoms with Crippen LogP contribution in [0.5, 0.6) is 17.2 Å². The molecule has 1 rings (SSSR count). The number of benzene rings is 1. The summed E-state index contributed by atoms with van der Waals surface area (Å²) >= 11 is 0. The molecule has 21 heavy (non-hydrogen) atoms. The van der Waals surface area contributed by atoms with Gasteiger partial charge in [0, 0.05) is 23.9 Å². The predicted molar refractivity (Wildman–Crippen MR) is 71.8 cm³/mol. The van der Waals surface area contributed by atoms with Gasteiger partial charge in [0.1, 0.15) is 0 Å². The lowest BCUT2D eigenvalue weighted by Crippen LogP contribution is -2.06. The molecule has 0 aromatic heterocycles. The van der Waals surface area contributed by atoms with Crippen LogP contribution in [-0.4, -0.2) is 28.4 Å². The van der Waals surface area contributed by atoms with Gasteiger partial charge < -0.3 is 23.7 Å².